The summed E-state index contributed by atoms with van der Waals surface area (Å²) in [6.07, 6.45) is 0. The molecular formula is C28H29N5O4. The zero-order valence-electron chi connectivity index (χ0n) is 21.0. The number of aromatic nitrogens is 3. The van der Waals surface area contributed by atoms with Crippen LogP contribution < -0.4 is 14.8 Å². The third-order valence-corrected chi connectivity index (χ3v) is 6.50. The minimum absolute atomic E-state index is 0.0348. The molecule has 0 saturated carbocycles. The monoisotopic (exact) mass is 499 g/mol. The molecule has 190 valence electrons. The van der Waals surface area contributed by atoms with Crippen molar-refractivity contribution >= 4 is 28.5 Å². The van der Waals surface area contributed by atoms with Crippen molar-refractivity contribution in [3.63, 3.8) is 0 Å². The zero-order chi connectivity index (χ0) is 25.9. The standard InChI is InChI=1S/C28H29N5O4/c1-18(2)27(28(35)29-21-12-13-24-25(14-21)37-17-36-24)32(15-20-9-5-4-8-19(20)3)26(34)16-33-23-11-7-6-10-22(23)30-31-33/h4-14,18,27H,15-17H2,1-3H3,(H,29,35). The van der Waals surface area contributed by atoms with Gasteiger partial charge in [-0.05, 0) is 48.2 Å². The van der Waals surface area contributed by atoms with Crippen LogP contribution in [-0.4, -0.2) is 44.5 Å². The number of fused-ring (bicyclic) bond motifs is 2. The molecule has 2 amide bonds. The molecule has 2 heterocycles. The number of benzene rings is 3. The lowest BCUT2D eigenvalue weighted by molar-refractivity contribution is -0.141. The summed E-state index contributed by atoms with van der Waals surface area (Å²) < 4.78 is 12.4. The first-order valence-corrected chi connectivity index (χ1v) is 12.2. The number of aryl methyl sites for hydroxylation is 1. The topological polar surface area (TPSA) is 98.6 Å². The van der Waals surface area contributed by atoms with Crippen LogP contribution in [0.1, 0.15) is 25.0 Å². The maximum atomic E-state index is 13.8. The van der Waals surface area contributed by atoms with Gasteiger partial charge in [0.2, 0.25) is 18.6 Å². The summed E-state index contributed by atoms with van der Waals surface area (Å²) in [6.45, 7) is 6.28. The third kappa shape index (κ3) is 5.11. The maximum absolute atomic E-state index is 13.8. The van der Waals surface area contributed by atoms with Crippen molar-refractivity contribution in [1.29, 1.82) is 0 Å². The molecule has 4 aromatic rings. The van der Waals surface area contributed by atoms with Crippen LogP contribution in [0.25, 0.3) is 11.0 Å². The first kappa shape index (κ1) is 24.3. The van der Waals surface area contributed by atoms with Crippen molar-refractivity contribution in [2.45, 2.75) is 39.9 Å². The average Bonchev–Trinajstić information content (AvgIpc) is 3.51. The normalized spacial score (nSPS) is 13.1. The van der Waals surface area contributed by atoms with Crippen LogP contribution in [0.2, 0.25) is 0 Å². The predicted molar refractivity (Wildman–Crippen MR) is 139 cm³/mol. The van der Waals surface area contributed by atoms with Gasteiger partial charge in [0.1, 0.15) is 18.1 Å². The number of amides is 2. The van der Waals surface area contributed by atoms with Gasteiger partial charge in [-0.25, -0.2) is 4.68 Å². The summed E-state index contributed by atoms with van der Waals surface area (Å²) in [5.74, 6) is 0.548. The minimum Gasteiger partial charge on any atom is -0.454 e. The van der Waals surface area contributed by atoms with Crippen LogP contribution in [-0.2, 0) is 22.7 Å². The summed E-state index contributed by atoms with van der Waals surface area (Å²) >= 11 is 0. The van der Waals surface area contributed by atoms with Crippen LogP contribution in [0.3, 0.4) is 0 Å². The maximum Gasteiger partial charge on any atom is 0.247 e. The molecular weight excluding hydrogens is 470 g/mol. The van der Waals surface area contributed by atoms with E-state index in [0.29, 0.717) is 22.7 Å². The lowest BCUT2D eigenvalue weighted by atomic mass is 9.99. The van der Waals surface area contributed by atoms with Crippen LogP contribution in [0.15, 0.2) is 66.7 Å². The third-order valence-electron chi connectivity index (χ3n) is 6.50. The fourth-order valence-electron chi connectivity index (χ4n) is 4.56. The second-order valence-corrected chi connectivity index (χ2v) is 9.43. The van der Waals surface area contributed by atoms with E-state index in [-0.39, 0.29) is 37.6 Å². The van der Waals surface area contributed by atoms with E-state index in [1.165, 1.54) is 0 Å². The van der Waals surface area contributed by atoms with Gasteiger partial charge in [-0.1, -0.05) is 55.5 Å². The smallest absolute Gasteiger partial charge is 0.247 e. The molecule has 3 aromatic carbocycles. The average molecular weight is 500 g/mol. The first-order chi connectivity index (χ1) is 17.9. The molecule has 1 aliphatic rings. The molecule has 0 fully saturated rings. The minimum atomic E-state index is -0.729. The number of hydrogen-bond acceptors (Lipinski definition) is 6. The fraction of sp³-hybridized carbons (Fsp3) is 0.286. The Balaban J connectivity index is 1.45. The number of carbonyl (C=O) groups is 2. The molecule has 0 spiro atoms. The number of para-hydroxylation sites is 1. The van der Waals surface area contributed by atoms with Gasteiger partial charge in [-0.15, -0.1) is 5.10 Å². The second kappa shape index (κ2) is 10.3. The number of hydrogen-bond donors (Lipinski definition) is 1. The molecule has 5 rings (SSSR count). The van der Waals surface area contributed by atoms with E-state index in [4.69, 9.17) is 9.47 Å². The Kier molecular flexibility index (Phi) is 6.76. The summed E-state index contributed by atoms with van der Waals surface area (Å²) in [5, 5.41) is 11.3. The predicted octanol–water partition coefficient (Wildman–Crippen LogP) is 4.16. The molecule has 1 aliphatic heterocycles. The highest BCUT2D eigenvalue weighted by Gasteiger charge is 2.33. The van der Waals surface area contributed by atoms with E-state index in [9.17, 15) is 9.59 Å². The molecule has 1 aromatic heterocycles. The Labute approximate surface area is 215 Å². The van der Waals surface area contributed by atoms with Gasteiger partial charge in [0.15, 0.2) is 11.5 Å². The lowest BCUT2D eigenvalue weighted by Gasteiger charge is -2.34. The van der Waals surface area contributed by atoms with Gasteiger partial charge < -0.3 is 19.7 Å². The Morgan fingerprint density at radius 2 is 1.78 bits per heavy atom. The van der Waals surface area contributed by atoms with E-state index < -0.39 is 6.04 Å². The number of rotatable bonds is 8. The van der Waals surface area contributed by atoms with Crippen molar-refractivity contribution < 1.29 is 19.1 Å². The van der Waals surface area contributed by atoms with Crippen LogP contribution in [0, 0.1) is 12.8 Å². The summed E-state index contributed by atoms with van der Waals surface area (Å²) in [4.78, 5) is 29.2. The molecule has 0 aliphatic carbocycles. The summed E-state index contributed by atoms with van der Waals surface area (Å²) in [5.41, 5.74) is 4.07. The van der Waals surface area contributed by atoms with E-state index >= 15 is 0 Å². The molecule has 1 unspecified atom stereocenters. The number of nitrogens with one attached hydrogen (secondary N) is 1. The van der Waals surface area contributed by atoms with Gasteiger partial charge in [-0.3, -0.25) is 9.59 Å². The van der Waals surface area contributed by atoms with Crippen LogP contribution in [0.5, 0.6) is 11.5 Å². The molecule has 0 saturated heterocycles. The largest absolute Gasteiger partial charge is 0.454 e. The highest BCUT2D eigenvalue weighted by Crippen LogP contribution is 2.34. The van der Waals surface area contributed by atoms with E-state index in [0.717, 1.165) is 16.6 Å². The van der Waals surface area contributed by atoms with Crippen molar-refractivity contribution in [2.75, 3.05) is 12.1 Å². The molecule has 0 bridgehead atoms. The van der Waals surface area contributed by atoms with Crippen molar-refractivity contribution in [1.82, 2.24) is 19.9 Å². The number of nitrogens with zero attached hydrogens (tertiary/aromatic N) is 4. The van der Waals surface area contributed by atoms with Gasteiger partial charge in [0.25, 0.3) is 0 Å². The molecule has 1 atom stereocenters. The lowest BCUT2D eigenvalue weighted by Crippen LogP contribution is -2.51. The van der Waals surface area contributed by atoms with E-state index in [2.05, 4.69) is 15.6 Å². The van der Waals surface area contributed by atoms with E-state index in [1.807, 2.05) is 69.3 Å². The van der Waals surface area contributed by atoms with Crippen LogP contribution in [0.4, 0.5) is 5.69 Å². The quantitative estimate of drug-likeness (QED) is 0.391. The van der Waals surface area contributed by atoms with Gasteiger partial charge in [-0.2, -0.15) is 0 Å². The molecule has 1 N–H and O–H groups in total. The Morgan fingerprint density at radius 1 is 1.03 bits per heavy atom. The van der Waals surface area contributed by atoms with Gasteiger partial charge >= 0.3 is 0 Å². The highest BCUT2D eigenvalue weighted by atomic mass is 16.7. The van der Waals surface area contributed by atoms with Crippen LogP contribution >= 0.6 is 0 Å². The molecule has 37 heavy (non-hydrogen) atoms. The SMILES string of the molecule is Cc1ccccc1CN(C(=O)Cn1nnc2ccccc21)C(C(=O)Nc1ccc2c(c1)OCO2)C(C)C. The van der Waals surface area contributed by atoms with Gasteiger partial charge in [0.05, 0.1) is 5.52 Å². The Hall–Kier alpha value is -4.40. The zero-order valence-corrected chi connectivity index (χ0v) is 21.0. The molecule has 9 nitrogen and oxygen atoms in total. The number of ether oxygens (including phenoxy) is 2. The Morgan fingerprint density at radius 3 is 2.59 bits per heavy atom. The highest BCUT2D eigenvalue weighted by molar-refractivity contribution is 5.97. The van der Waals surface area contributed by atoms with Gasteiger partial charge in [0, 0.05) is 18.3 Å². The number of carbonyl (C=O) groups excluding carboxylic acids is 2. The molecule has 9 heteroatoms. The molecule has 0 radical (unpaired) electrons. The second-order valence-electron chi connectivity index (χ2n) is 9.43. The number of anilines is 1. The first-order valence-electron chi connectivity index (χ1n) is 12.2. The van der Waals surface area contributed by atoms with Crippen molar-refractivity contribution in [3.05, 3.63) is 77.9 Å². The Bertz CT molecular complexity index is 1450. The fourth-order valence-corrected chi connectivity index (χ4v) is 4.56. The summed E-state index contributed by atoms with van der Waals surface area (Å²) in [7, 11) is 0. The van der Waals surface area contributed by atoms with Crippen molar-refractivity contribution in [2.24, 2.45) is 5.92 Å². The van der Waals surface area contributed by atoms with Crippen molar-refractivity contribution in [3.8, 4) is 11.5 Å². The summed E-state index contributed by atoms with van der Waals surface area (Å²) in [6, 6.07) is 19.9. The van der Waals surface area contributed by atoms with E-state index in [1.54, 1.807) is 27.8 Å².